The molecule has 16 heteroatoms. The van der Waals surface area contributed by atoms with Crippen LogP contribution in [0.5, 0.6) is 5.88 Å². The van der Waals surface area contributed by atoms with Crippen LogP contribution in [-0.2, 0) is 9.30 Å². The Hall–Kier alpha value is -1.00. The zero-order valence-corrected chi connectivity index (χ0v) is 21.9. The summed E-state index contributed by atoms with van der Waals surface area (Å²) in [6.07, 6.45) is 3.66. The number of halogens is 5. The molecule has 2 saturated heterocycles. The number of nitrogens with one attached hydrogen (secondary N) is 1. The van der Waals surface area contributed by atoms with Gasteiger partial charge in [-0.05, 0) is 53.0 Å². The van der Waals surface area contributed by atoms with E-state index in [-0.39, 0.29) is 11.4 Å². The van der Waals surface area contributed by atoms with E-state index in [9.17, 15) is 9.36 Å². The molecule has 0 bridgehead atoms. The summed E-state index contributed by atoms with van der Waals surface area (Å²) in [6, 6.07) is 2.60. The van der Waals surface area contributed by atoms with Crippen molar-refractivity contribution in [1.29, 1.82) is 0 Å². The van der Waals surface area contributed by atoms with Gasteiger partial charge in [0.15, 0.2) is 0 Å². The number of hydrogen-bond donors (Lipinski definition) is 2. The van der Waals surface area contributed by atoms with E-state index in [1.54, 1.807) is 6.07 Å². The fraction of sp³-hybridized carbons (Fsp3) is 0.529. The smallest absolute Gasteiger partial charge is 0.339 e. The SMILES string of the molecule is Clc1cc(Cl)nc(N2CCCCC2)n1.O=P(Cl)(Cl)Cl.O=c1cc(O)nc(N2CCOCC2)[nH]1. The highest BCUT2D eigenvalue weighted by Crippen LogP contribution is 2.61. The maximum Gasteiger partial charge on any atom is 0.339 e. The molecule has 0 spiro atoms. The average molecular weight is 583 g/mol. The van der Waals surface area contributed by atoms with Crippen LogP contribution in [0.2, 0.25) is 10.3 Å². The van der Waals surface area contributed by atoms with E-state index in [0.717, 1.165) is 19.2 Å². The molecule has 2 aromatic heterocycles. The summed E-state index contributed by atoms with van der Waals surface area (Å²) in [6.45, 7) is 4.56. The predicted octanol–water partition coefficient (Wildman–Crippen LogP) is 4.90. The van der Waals surface area contributed by atoms with Gasteiger partial charge in [0.1, 0.15) is 10.3 Å². The first-order valence-electron chi connectivity index (χ1n) is 9.78. The standard InChI is InChI=1S/C9H11Cl2N3.C8H11N3O3.Cl3OP/c10-7-6-8(11)13-9(12-7)14-4-2-1-3-5-14;12-6-5-7(13)10-8(9-6)11-1-3-14-4-2-11;1-5(2,3)4/h6H,1-5H2;5H,1-4H2,(H2,9,10,12,13);. The summed E-state index contributed by atoms with van der Waals surface area (Å²) in [4.78, 5) is 29.7. The lowest BCUT2D eigenvalue weighted by Crippen LogP contribution is -2.38. The largest absolute Gasteiger partial charge is 0.493 e. The zero-order valence-electron chi connectivity index (χ0n) is 17.3. The molecule has 0 unspecified atom stereocenters. The maximum absolute atomic E-state index is 11.0. The molecule has 0 aromatic carbocycles. The molecule has 2 aliphatic heterocycles. The summed E-state index contributed by atoms with van der Waals surface area (Å²) in [5.74, 6) is 0.802. The quantitative estimate of drug-likeness (QED) is 0.376. The van der Waals surface area contributed by atoms with Crippen molar-refractivity contribution in [2.24, 2.45) is 0 Å². The van der Waals surface area contributed by atoms with Crippen LogP contribution in [0.1, 0.15) is 19.3 Å². The highest BCUT2D eigenvalue weighted by molar-refractivity contribution is 8.24. The fourth-order valence-electron chi connectivity index (χ4n) is 2.97. The highest BCUT2D eigenvalue weighted by atomic mass is 36.0. The van der Waals surface area contributed by atoms with Gasteiger partial charge >= 0.3 is 5.20 Å². The molecule has 33 heavy (non-hydrogen) atoms. The van der Waals surface area contributed by atoms with Crippen LogP contribution in [0.25, 0.3) is 0 Å². The molecule has 4 heterocycles. The Morgan fingerprint density at radius 2 is 1.45 bits per heavy atom. The predicted molar refractivity (Wildman–Crippen MR) is 133 cm³/mol. The second kappa shape index (κ2) is 13.8. The fourth-order valence-corrected chi connectivity index (χ4v) is 3.39. The Balaban J connectivity index is 0.000000195. The van der Waals surface area contributed by atoms with E-state index in [2.05, 4.69) is 58.6 Å². The lowest BCUT2D eigenvalue weighted by atomic mass is 10.1. The zero-order chi connectivity index (χ0) is 24.4. The van der Waals surface area contributed by atoms with Crippen LogP contribution < -0.4 is 15.4 Å². The van der Waals surface area contributed by atoms with Crippen molar-refractivity contribution in [3.63, 3.8) is 0 Å². The summed E-state index contributed by atoms with van der Waals surface area (Å²) in [7, 11) is 0. The summed E-state index contributed by atoms with van der Waals surface area (Å²) in [5, 5.41) is 6.73. The van der Waals surface area contributed by atoms with Crippen LogP contribution in [-0.4, -0.2) is 64.4 Å². The number of ether oxygens (including phenoxy) is 1. The number of aromatic hydroxyl groups is 1. The lowest BCUT2D eigenvalue weighted by molar-refractivity contribution is 0.122. The van der Waals surface area contributed by atoms with Gasteiger partial charge in [0.05, 0.1) is 19.3 Å². The Labute approximate surface area is 214 Å². The van der Waals surface area contributed by atoms with Crippen molar-refractivity contribution in [3.8, 4) is 5.88 Å². The minimum absolute atomic E-state index is 0.254. The average Bonchev–Trinajstić information content (AvgIpc) is 2.73. The number of H-pyrrole nitrogens is 1. The number of rotatable bonds is 2. The number of hydrogen-bond acceptors (Lipinski definition) is 9. The van der Waals surface area contributed by atoms with E-state index >= 15 is 0 Å². The molecular weight excluding hydrogens is 560 g/mol. The Bertz CT molecular complexity index is 970. The molecule has 0 aliphatic carbocycles. The van der Waals surface area contributed by atoms with Crippen molar-refractivity contribution in [2.75, 3.05) is 49.2 Å². The first-order valence-corrected chi connectivity index (χ1v) is 15.0. The summed E-state index contributed by atoms with van der Waals surface area (Å²) < 4.78 is 14.7. The molecule has 0 amide bonds. The number of morpholine rings is 1. The maximum atomic E-state index is 11.0. The topological polar surface area (TPSA) is 125 Å². The molecule has 2 aromatic rings. The molecule has 2 aliphatic rings. The number of aromatic amines is 1. The first-order chi connectivity index (χ1) is 15.5. The van der Waals surface area contributed by atoms with Gasteiger partial charge in [-0.2, -0.15) is 4.98 Å². The Morgan fingerprint density at radius 1 is 0.909 bits per heavy atom. The van der Waals surface area contributed by atoms with Crippen molar-refractivity contribution < 1.29 is 14.4 Å². The van der Waals surface area contributed by atoms with Crippen LogP contribution >= 0.6 is 62.1 Å². The van der Waals surface area contributed by atoms with E-state index < -0.39 is 5.20 Å². The third-order valence-corrected chi connectivity index (χ3v) is 4.70. The number of aromatic nitrogens is 4. The number of anilines is 2. The van der Waals surface area contributed by atoms with Crippen molar-refractivity contribution >= 4 is 74.0 Å². The van der Waals surface area contributed by atoms with Gasteiger partial charge in [0.25, 0.3) is 5.56 Å². The highest BCUT2D eigenvalue weighted by Gasteiger charge is 2.15. The Morgan fingerprint density at radius 3 is 1.97 bits per heavy atom. The molecular formula is C17H22Cl5N6O4P. The van der Waals surface area contributed by atoms with Gasteiger partial charge in [0, 0.05) is 32.2 Å². The van der Waals surface area contributed by atoms with Gasteiger partial charge in [-0.25, -0.2) is 9.97 Å². The van der Waals surface area contributed by atoms with Gasteiger partial charge < -0.3 is 19.6 Å². The molecule has 0 atom stereocenters. The number of nitrogens with zero attached hydrogens (tertiary/aromatic N) is 5. The van der Waals surface area contributed by atoms with E-state index in [4.69, 9.17) is 33.0 Å². The first kappa shape index (κ1) is 28.2. The van der Waals surface area contributed by atoms with Crippen molar-refractivity contribution in [1.82, 2.24) is 19.9 Å². The molecule has 10 nitrogen and oxygen atoms in total. The van der Waals surface area contributed by atoms with Crippen LogP contribution in [0.15, 0.2) is 16.9 Å². The molecule has 2 fully saturated rings. The van der Waals surface area contributed by atoms with E-state index in [0.29, 0.717) is 48.5 Å². The van der Waals surface area contributed by atoms with Crippen LogP contribution in [0, 0.1) is 0 Å². The lowest BCUT2D eigenvalue weighted by Gasteiger charge is -2.26. The Kier molecular flexibility index (Phi) is 11.8. The van der Waals surface area contributed by atoms with Crippen molar-refractivity contribution in [3.05, 3.63) is 32.8 Å². The molecule has 0 radical (unpaired) electrons. The second-order valence-electron chi connectivity index (χ2n) is 6.79. The second-order valence-corrected chi connectivity index (χ2v) is 14.2. The molecule has 184 valence electrons. The van der Waals surface area contributed by atoms with Crippen LogP contribution in [0.4, 0.5) is 11.9 Å². The molecule has 2 N–H and O–H groups in total. The van der Waals surface area contributed by atoms with Gasteiger partial charge in [0.2, 0.25) is 17.8 Å². The molecule has 4 rings (SSSR count). The minimum Gasteiger partial charge on any atom is -0.493 e. The van der Waals surface area contributed by atoms with E-state index in [1.807, 2.05) is 4.90 Å². The van der Waals surface area contributed by atoms with Crippen molar-refractivity contribution in [2.45, 2.75) is 19.3 Å². The number of piperidine rings is 1. The van der Waals surface area contributed by atoms with Gasteiger partial charge in [-0.1, -0.05) is 23.2 Å². The summed E-state index contributed by atoms with van der Waals surface area (Å²) in [5.41, 5.74) is -0.348. The third-order valence-electron chi connectivity index (χ3n) is 4.32. The normalized spacial score (nSPS) is 16.3. The van der Waals surface area contributed by atoms with Gasteiger partial charge in [-0.3, -0.25) is 14.3 Å². The van der Waals surface area contributed by atoms with Crippen LogP contribution in [0.3, 0.4) is 0 Å². The van der Waals surface area contributed by atoms with Gasteiger partial charge in [-0.15, -0.1) is 0 Å². The molecule has 0 saturated carbocycles. The minimum atomic E-state index is -3.22. The summed E-state index contributed by atoms with van der Waals surface area (Å²) >= 11 is 25.5. The van der Waals surface area contributed by atoms with E-state index in [1.165, 1.54) is 19.3 Å². The third kappa shape index (κ3) is 11.8. The monoisotopic (exact) mass is 580 g/mol.